The first-order valence-electron chi connectivity index (χ1n) is 13.0. The highest BCUT2D eigenvalue weighted by Gasteiger charge is 2.31. The lowest BCUT2D eigenvalue weighted by Crippen LogP contribution is -2.58. The molecule has 226 valence electrons. The van der Waals surface area contributed by atoms with Crippen LogP contribution in [-0.2, 0) is 41.6 Å². The molecule has 14 nitrogen and oxygen atoms in total. The van der Waals surface area contributed by atoms with E-state index in [1.807, 2.05) is 0 Å². The van der Waals surface area contributed by atoms with E-state index < -0.39 is 72.6 Å². The third kappa shape index (κ3) is 11.6. The molecule has 2 aromatic rings. The van der Waals surface area contributed by atoms with E-state index in [2.05, 4.69) is 16.0 Å². The third-order valence-electron chi connectivity index (χ3n) is 6.19. The van der Waals surface area contributed by atoms with Gasteiger partial charge in [-0.05, 0) is 36.1 Å². The minimum Gasteiger partial charge on any atom is -0.508 e. The first kappa shape index (κ1) is 33.2. The van der Waals surface area contributed by atoms with Gasteiger partial charge in [0, 0.05) is 25.7 Å². The van der Waals surface area contributed by atoms with Crippen LogP contribution in [0.5, 0.6) is 5.75 Å². The minimum atomic E-state index is -1.54. The molecule has 0 aliphatic carbocycles. The molecule has 0 heterocycles. The lowest BCUT2D eigenvalue weighted by atomic mass is 10.0. The van der Waals surface area contributed by atoms with Crippen LogP contribution in [-0.4, -0.2) is 80.2 Å². The van der Waals surface area contributed by atoms with E-state index >= 15 is 0 Å². The molecule has 0 saturated heterocycles. The van der Waals surface area contributed by atoms with Crippen molar-refractivity contribution < 1.29 is 49.2 Å². The molecule has 0 aliphatic heterocycles. The second-order valence-electron chi connectivity index (χ2n) is 9.55. The van der Waals surface area contributed by atoms with Crippen molar-refractivity contribution in [3.63, 3.8) is 0 Å². The largest absolute Gasteiger partial charge is 0.508 e. The Bertz CT molecular complexity index is 1250. The predicted molar refractivity (Wildman–Crippen MR) is 147 cm³/mol. The molecular formula is C28H34N4O10. The van der Waals surface area contributed by atoms with Crippen molar-refractivity contribution >= 4 is 35.6 Å². The Kier molecular flexibility index (Phi) is 12.9. The number of phenolic OH excluding ortho intramolecular Hbond substituents is 1. The molecule has 2 rings (SSSR count). The summed E-state index contributed by atoms with van der Waals surface area (Å²) in [5.74, 6) is -6.42. The monoisotopic (exact) mass is 586 g/mol. The van der Waals surface area contributed by atoms with Gasteiger partial charge in [0.15, 0.2) is 0 Å². The molecule has 0 spiro atoms. The summed E-state index contributed by atoms with van der Waals surface area (Å²) in [5.41, 5.74) is 6.95. The highest BCUT2D eigenvalue weighted by Crippen LogP contribution is 2.13. The molecule has 0 bridgehead atoms. The number of carbonyl (C=O) groups excluding carboxylic acids is 3. The van der Waals surface area contributed by atoms with E-state index in [1.54, 1.807) is 30.3 Å². The van der Waals surface area contributed by atoms with Gasteiger partial charge in [-0.25, -0.2) is 4.79 Å². The van der Waals surface area contributed by atoms with Crippen molar-refractivity contribution in [3.8, 4) is 5.75 Å². The number of carboxylic acid groups (broad SMARTS) is 3. The van der Waals surface area contributed by atoms with Crippen molar-refractivity contribution in [2.45, 2.75) is 62.7 Å². The summed E-state index contributed by atoms with van der Waals surface area (Å²) < 4.78 is 0. The first-order valence-corrected chi connectivity index (χ1v) is 13.0. The molecule has 2 aromatic carbocycles. The SMILES string of the molecule is NC(CCC(=O)O)C(=O)NC(Cc1ccc(O)cc1)C(=O)NC(Cc1ccccc1)C(=O)NC(CCC(=O)O)C(=O)O. The van der Waals surface area contributed by atoms with Crippen LogP contribution >= 0.6 is 0 Å². The zero-order valence-electron chi connectivity index (χ0n) is 22.6. The number of hydrogen-bond donors (Lipinski definition) is 8. The predicted octanol–water partition coefficient (Wildman–Crippen LogP) is -0.227. The molecule has 4 unspecified atom stereocenters. The van der Waals surface area contributed by atoms with Gasteiger partial charge in [0.25, 0.3) is 0 Å². The van der Waals surface area contributed by atoms with E-state index in [0.717, 1.165) is 0 Å². The Balaban J connectivity index is 2.31. The van der Waals surface area contributed by atoms with Crippen molar-refractivity contribution in [1.29, 1.82) is 0 Å². The lowest BCUT2D eigenvalue weighted by Gasteiger charge is -2.25. The highest BCUT2D eigenvalue weighted by atomic mass is 16.4. The number of phenols is 1. The standard InChI is InChI=1S/C28H34N4O10/c29-19(10-12-23(34)35)25(38)31-21(15-17-6-8-18(33)9-7-17)27(40)32-22(14-16-4-2-1-3-5-16)26(39)30-20(28(41)42)11-13-24(36)37/h1-9,19-22,33H,10-15,29H2,(H,30,39)(H,31,38)(H,32,40)(H,34,35)(H,36,37)(H,41,42). The summed E-state index contributed by atoms with van der Waals surface area (Å²) >= 11 is 0. The van der Waals surface area contributed by atoms with Gasteiger partial charge in [0.1, 0.15) is 23.9 Å². The normalized spacial score (nSPS) is 13.5. The summed E-state index contributed by atoms with van der Waals surface area (Å²) in [6.45, 7) is 0. The number of carboxylic acids is 3. The van der Waals surface area contributed by atoms with Crippen molar-refractivity contribution in [2.75, 3.05) is 0 Å². The summed E-state index contributed by atoms with van der Waals surface area (Å²) in [4.78, 5) is 72.9. The Morgan fingerprint density at radius 1 is 0.619 bits per heavy atom. The van der Waals surface area contributed by atoms with E-state index in [0.29, 0.717) is 11.1 Å². The molecule has 42 heavy (non-hydrogen) atoms. The number of nitrogens with two attached hydrogens (primary N) is 1. The fraction of sp³-hybridized carbons (Fsp3) is 0.357. The second kappa shape index (κ2) is 16.3. The maximum absolute atomic E-state index is 13.5. The zero-order chi connectivity index (χ0) is 31.2. The molecule has 9 N–H and O–H groups in total. The van der Waals surface area contributed by atoms with Crippen LogP contribution in [0.4, 0.5) is 0 Å². The molecule has 0 radical (unpaired) electrons. The van der Waals surface area contributed by atoms with Gasteiger partial charge >= 0.3 is 17.9 Å². The van der Waals surface area contributed by atoms with E-state index in [-0.39, 0.29) is 31.4 Å². The van der Waals surface area contributed by atoms with Gasteiger partial charge in [-0.2, -0.15) is 0 Å². The van der Waals surface area contributed by atoms with E-state index in [9.17, 15) is 39.0 Å². The quantitative estimate of drug-likeness (QED) is 0.120. The second-order valence-corrected chi connectivity index (χ2v) is 9.55. The highest BCUT2D eigenvalue weighted by molar-refractivity contribution is 5.94. The van der Waals surface area contributed by atoms with Crippen LogP contribution in [0.15, 0.2) is 54.6 Å². The van der Waals surface area contributed by atoms with Crippen molar-refractivity contribution in [1.82, 2.24) is 16.0 Å². The summed E-state index contributed by atoms with van der Waals surface area (Å²) in [6, 6.07) is 8.87. The number of benzene rings is 2. The molecule has 0 fully saturated rings. The average Bonchev–Trinajstić information content (AvgIpc) is 2.94. The Labute approximate surface area is 240 Å². The maximum Gasteiger partial charge on any atom is 0.326 e. The van der Waals surface area contributed by atoms with E-state index in [4.69, 9.17) is 15.9 Å². The van der Waals surface area contributed by atoms with Gasteiger partial charge in [-0.15, -0.1) is 0 Å². The number of carbonyl (C=O) groups is 6. The number of hydrogen-bond acceptors (Lipinski definition) is 8. The maximum atomic E-state index is 13.5. The van der Waals surface area contributed by atoms with Crippen LogP contribution in [0.2, 0.25) is 0 Å². The molecule has 0 saturated carbocycles. The van der Waals surface area contributed by atoms with Crippen LogP contribution in [0.3, 0.4) is 0 Å². The fourth-order valence-electron chi connectivity index (χ4n) is 3.89. The van der Waals surface area contributed by atoms with Crippen LogP contribution in [0.25, 0.3) is 0 Å². The number of aliphatic carboxylic acids is 3. The molecule has 4 atom stereocenters. The fourth-order valence-corrected chi connectivity index (χ4v) is 3.89. The Morgan fingerprint density at radius 2 is 1.07 bits per heavy atom. The smallest absolute Gasteiger partial charge is 0.326 e. The Morgan fingerprint density at radius 3 is 1.57 bits per heavy atom. The van der Waals surface area contributed by atoms with Crippen molar-refractivity contribution in [3.05, 3.63) is 65.7 Å². The molecule has 3 amide bonds. The lowest BCUT2D eigenvalue weighted by molar-refractivity contribution is -0.143. The number of nitrogens with one attached hydrogen (secondary N) is 3. The topological polar surface area (TPSA) is 245 Å². The number of amides is 3. The number of rotatable bonds is 17. The Hall–Kier alpha value is -4.98. The van der Waals surface area contributed by atoms with Gasteiger partial charge in [0.2, 0.25) is 17.7 Å². The van der Waals surface area contributed by atoms with E-state index in [1.165, 1.54) is 24.3 Å². The van der Waals surface area contributed by atoms with Gasteiger partial charge < -0.3 is 42.1 Å². The molecular weight excluding hydrogens is 552 g/mol. The molecule has 14 heteroatoms. The van der Waals surface area contributed by atoms with Gasteiger partial charge in [-0.1, -0.05) is 42.5 Å². The summed E-state index contributed by atoms with van der Waals surface area (Å²) in [5, 5.41) is 44.2. The minimum absolute atomic E-state index is 0.0324. The van der Waals surface area contributed by atoms with Crippen LogP contribution in [0.1, 0.15) is 36.8 Å². The van der Waals surface area contributed by atoms with Crippen molar-refractivity contribution in [2.24, 2.45) is 5.73 Å². The van der Waals surface area contributed by atoms with Gasteiger partial charge in [-0.3, -0.25) is 24.0 Å². The van der Waals surface area contributed by atoms with Crippen LogP contribution < -0.4 is 21.7 Å². The first-order chi connectivity index (χ1) is 19.8. The molecule has 0 aliphatic rings. The number of aromatic hydroxyl groups is 1. The summed E-state index contributed by atoms with van der Waals surface area (Å²) in [6.07, 6.45) is -1.65. The third-order valence-corrected chi connectivity index (χ3v) is 6.19. The molecule has 0 aromatic heterocycles. The zero-order valence-corrected chi connectivity index (χ0v) is 22.6. The van der Waals surface area contributed by atoms with Gasteiger partial charge in [0.05, 0.1) is 6.04 Å². The average molecular weight is 587 g/mol. The summed E-state index contributed by atoms with van der Waals surface area (Å²) in [7, 11) is 0. The van der Waals surface area contributed by atoms with Crippen LogP contribution in [0, 0.1) is 0 Å².